The molecule has 0 bridgehead atoms. The smallest absolute Gasteiger partial charge is 0.165 e. The van der Waals surface area contributed by atoms with Gasteiger partial charge in [-0.3, -0.25) is 0 Å². The van der Waals surface area contributed by atoms with Gasteiger partial charge in [-0.1, -0.05) is 42.6 Å². The van der Waals surface area contributed by atoms with Gasteiger partial charge in [0.2, 0.25) is 0 Å². The molecular weight excluding hydrogens is 391 g/mol. The van der Waals surface area contributed by atoms with Crippen LogP contribution in [0.1, 0.15) is 50.1 Å². The maximum Gasteiger partial charge on any atom is 0.165 e. The molecular formula is C22H26Cl2N4. The number of unbranched alkanes of at least 4 members (excludes halogenated alkanes) is 1. The predicted octanol–water partition coefficient (Wildman–Crippen LogP) is 6.13. The van der Waals surface area contributed by atoms with Crippen molar-refractivity contribution in [2.24, 2.45) is 0 Å². The van der Waals surface area contributed by atoms with E-state index < -0.39 is 0 Å². The van der Waals surface area contributed by atoms with E-state index in [1.54, 1.807) is 6.07 Å². The first kappa shape index (κ1) is 19.5. The maximum absolute atomic E-state index is 6.55. The van der Waals surface area contributed by atoms with Crippen LogP contribution in [0.15, 0.2) is 18.2 Å². The van der Waals surface area contributed by atoms with E-state index in [-0.39, 0.29) is 0 Å². The molecule has 0 fully saturated rings. The minimum Gasteiger partial charge on any atom is -0.356 e. The number of anilines is 1. The molecule has 0 saturated carbocycles. The van der Waals surface area contributed by atoms with E-state index in [0.29, 0.717) is 10.0 Å². The summed E-state index contributed by atoms with van der Waals surface area (Å²) in [5.41, 5.74) is 6.35. The molecule has 1 aliphatic carbocycles. The summed E-state index contributed by atoms with van der Waals surface area (Å²) in [6, 6.07) is 5.63. The summed E-state index contributed by atoms with van der Waals surface area (Å²) in [7, 11) is 0. The molecule has 0 unspecified atom stereocenters. The molecule has 1 aromatic carbocycles. The number of aryl methyl sites for hydroxylation is 2. The highest BCUT2D eigenvalue weighted by Crippen LogP contribution is 2.38. The largest absolute Gasteiger partial charge is 0.356 e. The fraction of sp³-hybridized carbons (Fsp3) is 0.455. The lowest BCUT2D eigenvalue weighted by Crippen LogP contribution is -2.28. The summed E-state index contributed by atoms with van der Waals surface area (Å²) in [5.74, 6) is 1.22. The van der Waals surface area contributed by atoms with Gasteiger partial charge in [0.1, 0.15) is 5.82 Å². The third kappa shape index (κ3) is 3.27. The van der Waals surface area contributed by atoms with Crippen molar-refractivity contribution in [2.75, 3.05) is 18.0 Å². The zero-order valence-corrected chi connectivity index (χ0v) is 18.2. The number of nitrogens with zero attached hydrogens (tertiary/aromatic N) is 4. The predicted molar refractivity (Wildman–Crippen MR) is 118 cm³/mol. The average molecular weight is 417 g/mol. The lowest BCUT2D eigenvalue weighted by molar-refractivity contribution is 0.703. The molecule has 0 spiro atoms. The normalized spacial score (nSPS) is 13.3. The van der Waals surface area contributed by atoms with E-state index in [2.05, 4.69) is 23.3 Å². The van der Waals surface area contributed by atoms with Crippen LogP contribution in [-0.2, 0) is 12.8 Å². The first-order chi connectivity index (χ1) is 13.5. The van der Waals surface area contributed by atoms with Crippen LogP contribution in [0.3, 0.4) is 0 Å². The van der Waals surface area contributed by atoms with Crippen LogP contribution >= 0.6 is 23.2 Å². The molecule has 148 valence electrons. The molecule has 4 rings (SSSR count). The fourth-order valence-corrected chi connectivity index (χ4v) is 4.71. The van der Waals surface area contributed by atoms with Crippen molar-refractivity contribution in [3.8, 4) is 11.1 Å². The molecule has 0 aliphatic heterocycles. The first-order valence-corrected chi connectivity index (χ1v) is 10.9. The Hall–Kier alpha value is -1.78. The lowest BCUT2D eigenvalue weighted by Gasteiger charge is -2.26. The van der Waals surface area contributed by atoms with Crippen molar-refractivity contribution >= 4 is 34.7 Å². The van der Waals surface area contributed by atoms with Crippen LogP contribution in [0, 0.1) is 6.92 Å². The number of halogens is 2. The SMILES string of the molecule is CCCCN(CC)c1c2c(nc3c(-c4ccc(Cl)cc4Cl)c(C)nn13)CCC2. The first-order valence-electron chi connectivity index (χ1n) is 10.2. The highest BCUT2D eigenvalue weighted by atomic mass is 35.5. The second-order valence-electron chi connectivity index (χ2n) is 7.47. The van der Waals surface area contributed by atoms with E-state index in [1.165, 1.54) is 29.9 Å². The van der Waals surface area contributed by atoms with Gasteiger partial charge in [0.15, 0.2) is 5.65 Å². The molecule has 3 aromatic rings. The molecule has 2 heterocycles. The summed E-state index contributed by atoms with van der Waals surface area (Å²) in [6.07, 6.45) is 5.61. The van der Waals surface area contributed by atoms with Gasteiger partial charge in [0, 0.05) is 34.9 Å². The molecule has 0 amide bonds. The standard InChI is InChI=1S/C22H26Cl2N4/c1-4-6-12-27(5-2)22-17-8-7-9-19(17)25-21-20(14(3)26-28(21)22)16-11-10-15(23)13-18(16)24/h10-11,13H,4-9,12H2,1-3H3. The van der Waals surface area contributed by atoms with Gasteiger partial charge in [0.25, 0.3) is 0 Å². The minimum atomic E-state index is 0.632. The molecule has 1 aliphatic rings. The third-order valence-electron chi connectivity index (χ3n) is 5.60. The number of aromatic nitrogens is 3. The van der Waals surface area contributed by atoms with Gasteiger partial charge >= 0.3 is 0 Å². The van der Waals surface area contributed by atoms with E-state index in [1.807, 2.05) is 19.1 Å². The molecule has 2 aromatic heterocycles. The average Bonchev–Trinajstić information content (AvgIpc) is 3.25. The number of rotatable bonds is 6. The van der Waals surface area contributed by atoms with Crippen LogP contribution in [0.2, 0.25) is 10.0 Å². The Bertz CT molecular complexity index is 1030. The number of fused-ring (bicyclic) bond motifs is 2. The van der Waals surface area contributed by atoms with Crippen molar-refractivity contribution in [2.45, 2.75) is 52.9 Å². The lowest BCUT2D eigenvalue weighted by atomic mass is 10.1. The summed E-state index contributed by atoms with van der Waals surface area (Å²) in [4.78, 5) is 7.52. The fourth-order valence-electron chi connectivity index (χ4n) is 4.21. The number of hydrogen-bond donors (Lipinski definition) is 0. The third-order valence-corrected chi connectivity index (χ3v) is 6.15. The van der Waals surface area contributed by atoms with Gasteiger partial charge in [-0.15, -0.1) is 0 Å². The van der Waals surface area contributed by atoms with E-state index in [0.717, 1.165) is 54.8 Å². The molecule has 0 radical (unpaired) electrons. The number of hydrogen-bond acceptors (Lipinski definition) is 3. The molecule has 0 N–H and O–H groups in total. The van der Waals surface area contributed by atoms with Crippen molar-refractivity contribution in [3.05, 3.63) is 45.2 Å². The topological polar surface area (TPSA) is 33.4 Å². The van der Waals surface area contributed by atoms with Gasteiger partial charge in [-0.25, -0.2) is 4.98 Å². The monoisotopic (exact) mass is 416 g/mol. The van der Waals surface area contributed by atoms with Crippen molar-refractivity contribution in [1.82, 2.24) is 14.6 Å². The Balaban J connectivity index is 1.98. The van der Waals surface area contributed by atoms with Crippen LogP contribution in [0.25, 0.3) is 16.8 Å². The molecule has 6 heteroatoms. The van der Waals surface area contributed by atoms with E-state index in [4.69, 9.17) is 33.3 Å². The molecule has 0 saturated heterocycles. The highest BCUT2D eigenvalue weighted by molar-refractivity contribution is 6.36. The Morgan fingerprint density at radius 1 is 1.18 bits per heavy atom. The maximum atomic E-state index is 6.55. The van der Waals surface area contributed by atoms with Crippen LogP contribution in [0.5, 0.6) is 0 Å². The summed E-state index contributed by atoms with van der Waals surface area (Å²) in [6.45, 7) is 8.48. The van der Waals surface area contributed by atoms with Crippen molar-refractivity contribution < 1.29 is 0 Å². The Labute approximate surface area is 176 Å². The summed E-state index contributed by atoms with van der Waals surface area (Å²) < 4.78 is 2.05. The second-order valence-corrected chi connectivity index (χ2v) is 8.31. The zero-order chi connectivity index (χ0) is 19.8. The van der Waals surface area contributed by atoms with Gasteiger partial charge in [-0.05, 0) is 51.7 Å². The second kappa shape index (κ2) is 7.92. The zero-order valence-electron chi connectivity index (χ0n) is 16.7. The van der Waals surface area contributed by atoms with Gasteiger partial charge in [-0.2, -0.15) is 9.61 Å². The van der Waals surface area contributed by atoms with Crippen LogP contribution in [0.4, 0.5) is 5.82 Å². The Morgan fingerprint density at radius 3 is 2.71 bits per heavy atom. The Morgan fingerprint density at radius 2 is 2.00 bits per heavy atom. The van der Waals surface area contributed by atoms with Gasteiger partial charge < -0.3 is 4.90 Å². The Kier molecular flexibility index (Phi) is 5.52. The summed E-state index contributed by atoms with van der Waals surface area (Å²) in [5, 5.41) is 6.19. The minimum absolute atomic E-state index is 0.632. The molecule has 28 heavy (non-hydrogen) atoms. The van der Waals surface area contributed by atoms with Crippen LogP contribution in [-0.4, -0.2) is 27.7 Å². The summed E-state index contributed by atoms with van der Waals surface area (Å²) >= 11 is 12.7. The van der Waals surface area contributed by atoms with Crippen molar-refractivity contribution in [1.29, 1.82) is 0 Å². The highest BCUT2D eigenvalue weighted by Gasteiger charge is 2.27. The van der Waals surface area contributed by atoms with Crippen LogP contribution < -0.4 is 4.90 Å². The quantitative estimate of drug-likeness (QED) is 0.484. The molecule has 0 atom stereocenters. The van der Waals surface area contributed by atoms with Crippen molar-refractivity contribution in [3.63, 3.8) is 0 Å². The van der Waals surface area contributed by atoms with E-state index >= 15 is 0 Å². The number of benzene rings is 1. The molecule has 4 nitrogen and oxygen atoms in total. The van der Waals surface area contributed by atoms with E-state index in [9.17, 15) is 0 Å². The van der Waals surface area contributed by atoms with Gasteiger partial charge in [0.05, 0.1) is 16.3 Å².